The predicted octanol–water partition coefficient (Wildman–Crippen LogP) is 4.60. The highest BCUT2D eigenvalue weighted by Gasteiger charge is 2.15. The lowest BCUT2D eigenvalue weighted by atomic mass is 10.1. The lowest BCUT2D eigenvalue weighted by Crippen LogP contribution is -2.32. The molecule has 1 amide bonds. The molecule has 0 saturated carbocycles. The number of hydrogen-bond donors (Lipinski definition) is 1. The first-order chi connectivity index (χ1) is 11.9. The monoisotopic (exact) mass is 355 g/mol. The Morgan fingerprint density at radius 1 is 1.32 bits per heavy atom. The minimum Gasteiger partial charge on any atom is -0.444 e. The van der Waals surface area contributed by atoms with Crippen LogP contribution in [0.4, 0.5) is 4.79 Å². The summed E-state index contributed by atoms with van der Waals surface area (Å²) in [5, 5.41) is 4.74. The molecule has 5 nitrogen and oxygen atoms in total. The summed E-state index contributed by atoms with van der Waals surface area (Å²) in [4.78, 5) is 17.4. The van der Waals surface area contributed by atoms with Crippen LogP contribution >= 0.6 is 11.3 Å². The molecule has 0 fully saturated rings. The number of amides is 1. The number of rotatable bonds is 4. The minimum atomic E-state index is -0.497. The zero-order valence-electron chi connectivity index (χ0n) is 14.5. The van der Waals surface area contributed by atoms with Gasteiger partial charge in [0, 0.05) is 23.7 Å². The van der Waals surface area contributed by atoms with Gasteiger partial charge in [0.05, 0.1) is 11.4 Å². The molecular weight excluding hydrogens is 334 g/mol. The van der Waals surface area contributed by atoms with Crippen LogP contribution in [-0.2, 0) is 4.74 Å². The number of hydrogen-bond acceptors (Lipinski definition) is 4. The maximum Gasteiger partial charge on any atom is 0.407 e. The molecule has 6 heteroatoms. The smallest absolute Gasteiger partial charge is 0.407 e. The summed E-state index contributed by atoms with van der Waals surface area (Å²) in [6, 6.07) is 10.1. The summed E-state index contributed by atoms with van der Waals surface area (Å²) in [7, 11) is 0. The van der Waals surface area contributed by atoms with E-state index in [4.69, 9.17) is 9.72 Å². The molecule has 130 valence electrons. The number of benzene rings is 1. The first-order valence-corrected chi connectivity index (χ1v) is 8.96. The number of fused-ring (bicyclic) bond motifs is 1. The molecule has 0 spiro atoms. The molecule has 0 atom stereocenters. The van der Waals surface area contributed by atoms with Crippen LogP contribution in [0.25, 0.3) is 22.3 Å². The van der Waals surface area contributed by atoms with Crippen molar-refractivity contribution in [1.82, 2.24) is 14.7 Å². The van der Waals surface area contributed by atoms with E-state index in [2.05, 4.69) is 9.72 Å². The van der Waals surface area contributed by atoms with Gasteiger partial charge in [-0.1, -0.05) is 36.4 Å². The van der Waals surface area contributed by atoms with Gasteiger partial charge in [-0.15, -0.1) is 11.3 Å². The zero-order valence-corrected chi connectivity index (χ0v) is 15.3. The van der Waals surface area contributed by atoms with Crippen LogP contribution in [0.15, 0.2) is 48.0 Å². The predicted molar refractivity (Wildman–Crippen MR) is 102 cm³/mol. The molecule has 3 rings (SSSR count). The van der Waals surface area contributed by atoms with E-state index >= 15 is 0 Å². The number of imidazole rings is 1. The van der Waals surface area contributed by atoms with E-state index in [-0.39, 0.29) is 0 Å². The normalized spacial score (nSPS) is 12.0. The molecule has 0 saturated heterocycles. The summed E-state index contributed by atoms with van der Waals surface area (Å²) >= 11 is 1.60. The van der Waals surface area contributed by atoms with E-state index in [0.29, 0.717) is 6.54 Å². The van der Waals surface area contributed by atoms with Crippen LogP contribution in [0.3, 0.4) is 0 Å². The molecule has 2 aromatic heterocycles. The third kappa shape index (κ3) is 4.28. The zero-order chi connectivity index (χ0) is 17.9. The number of nitrogens with one attached hydrogen (secondary N) is 1. The summed E-state index contributed by atoms with van der Waals surface area (Å²) in [6.45, 7) is 5.91. The van der Waals surface area contributed by atoms with Crippen molar-refractivity contribution in [2.75, 3.05) is 6.54 Å². The minimum absolute atomic E-state index is 0.389. The van der Waals surface area contributed by atoms with Gasteiger partial charge in [-0.3, -0.25) is 4.40 Å². The molecule has 0 unspecified atom stereocenters. The molecule has 0 aliphatic carbocycles. The Morgan fingerprint density at radius 3 is 2.80 bits per heavy atom. The first kappa shape index (κ1) is 17.2. The maximum absolute atomic E-state index is 11.7. The second-order valence-corrected chi connectivity index (χ2v) is 7.43. The number of aromatic nitrogens is 2. The molecule has 0 aliphatic rings. The van der Waals surface area contributed by atoms with Crippen molar-refractivity contribution in [3.05, 3.63) is 53.7 Å². The number of carbonyl (C=O) groups excluding carboxylic acids is 1. The molecule has 1 N–H and O–H groups in total. The van der Waals surface area contributed by atoms with Crippen LogP contribution < -0.4 is 5.32 Å². The SMILES string of the molecule is CC(C)(C)OC(=O)NCC=Cc1c(-c2ccccc2)nc2sccn12. The van der Waals surface area contributed by atoms with Crippen molar-refractivity contribution in [1.29, 1.82) is 0 Å². The van der Waals surface area contributed by atoms with Crippen molar-refractivity contribution in [3.63, 3.8) is 0 Å². The van der Waals surface area contributed by atoms with E-state index in [1.807, 2.05) is 74.8 Å². The molecule has 2 heterocycles. The second kappa shape index (κ2) is 7.11. The molecule has 0 bridgehead atoms. The number of ether oxygens (including phenoxy) is 1. The van der Waals surface area contributed by atoms with E-state index in [0.717, 1.165) is 21.9 Å². The van der Waals surface area contributed by atoms with E-state index in [1.165, 1.54) is 0 Å². The van der Waals surface area contributed by atoms with Gasteiger partial charge in [-0.05, 0) is 26.8 Å². The lowest BCUT2D eigenvalue weighted by Gasteiger charge is -2.19. The highest BCUT2D eigenvalue weighted by molar-refractivity contribution is 7.15. The number of alkyl carbamates (subject to hydrolysis) is 1. The summed E-state index contributed by atoms with van der Waals surface area (Å²) in [5.41, 5.74) is 2.50. The van der Waals surface area contributed by atoms with Gasteiger partial charge in [-0.2, -0.15) is 0 Å². The van der Waals surface area contributed by atoms with Gasteiger partial charge < -0.3 is 10.1 Å². The fraction of sp³-hybridized carbons (Fsp3) is 0.263. The number of carbonyl (C=O) groups is 1. The third-order valence-corrected chi connectivity index (χ3v) is 4.14. The van der Waals surface area contributed by atoms with Crippen LogP contribution in [0, 0.1) is 0 Å². The van der Waals surface area contributed by atoms with Crippen molar-refractivity contribution in [3.8, 4) is 11.3 Å². The molecule has 1 aromatic carbocycles. The molecule has 3 aromatic rings. The van der Waals surface area contributed by atoms with E-state index < -0.39 is 11.7 Å². The number of thiazole rings is 1. The summed E-state index contributed by atoms with van der Waals surface area (Å²) in [5.74, 6) is 0. The van der Waals surface area contributed by atoms with Gasteiger partial charge in [0.1, 0.15) is 5.60 Å². The Bertz CT molecular complexity index is 888. The van der Waals surface area contributed by atoms with Crippen molar-refractivity contribution in [2.24, 2.45) is 0 Å². The van der Waals surface area contributed by atoms with Crippen LogP contribution in [-0.4, -0.2) is 27.6 Å². The van der Waals surface area contributed by atoms with Gasteiger partial charge in [-0.25, -0.2) is 9.78 Å². The average Bonchev–Trinajstić information content (AvgIpc) is 3.12. The maximum atomic E-state index is 11.7. The fourth-order valence-electron chi connectivity index (χ4n) is 2.40. The van der Waals surface area contributed by atoms with Gasteiger partial charge in [0.2, 0.25) is 0 Å². The average molecular weight is 355 g/mol. The first-order valence-electron chi connectivity index (χ1n) is 8.08. The van der Waals surface area contributed by atoms with Crippen LogP contribution in [0.5, 0.6) is 0 Å². The van der Waals surface area contributed by atoms with Crippen molar-refractivity contribution < 1.29 is 9.53 Å². The standard InChI is InChI=1S/C19H21N3O2S/c1-19(2,3)24-18(23)20-11-7-10-15-16(14-8-5-4-6-9-14)21-17-22(15)12-13-25-17/h4-10,12-13H,11H2,1-3H3,(H,20,23). The Kier molecular flexibility index (Phi) is 4.90. The Hall–Kier alpha value is -2.60. The highest BCUT2D eigenvalue weighted by Crippen LogP contribution is 2.27. The molecular formula is C19H21N3O2S. The largest absolute Gasteiger partial charge is 0.444 e. The summed E-state index contributed by atoms with van der Waals surface area (Å²) < 4.78 is 7.28. The third-order valence-electron chi connectivity index (χ3n) is 3.39. The van der Waals surface area contributed by atoms with Crippen LogP contribution in [0.1, 0.15) is 26.5 Å². The van der Waals surface area contributed by atoms with Gasteiger partial charge >= 0.3 is 6.09 Å². The van der Waals surface area contributed by atoms with Crippen LogP contribution in [0.2, 0.25) is 0 Å². The molecule has 0 aliphatic heterocycles. The number of nitrogens with zero attached hydrogens (tertiary/aromatic N) is 2. The quantitative estimate of drug-likeness (QED) is 0.744. The topological polar surface area (TPSA) is 55.6 Å². The fourth-order valence-corrected chi connectivity index (χ4v) is 3.12. The van der Waals surface area contributed by atoms with Gasteiger partial charge in [0.15, 0.2) is 4.96 Å². The van der Waals surface area contributed by atoms with Crippen molar-refractivity contribution in [2.45, 2.75) is 26.4 Å². The van der Waals surface area contributed by atoms with E-state index in [1.54, 1.807) is 11.3 Å². The summed E-state index contributed by atoms with van der Waals surface area (Å²) in [6.07, 6.45) is 5.46. The van der Waals surface area contributed by atoms with E-state index in [9.17, 15) is 4.79 Å². The Balaban J connectivity index is 1.77. The van der Waals surface area contributed by atoms with Gasteiger partial charge in [0.25, 0.3) is 0 Å². The Morgan fingerprint density at radius 2 is 2.08 bits per heavy atom. The molecule has 0 radical (unpaired) electrons. The lowest BCUT2D eigenvalue weighted by molar-refractivity contribution is 0.0534. The Labute approximate surface area is 151 Å². The second-order valence-electron chi connectivity index (χ2n) is 6.55. The molecule has 25 heavy (non-hydrogen) atoms. The highest BCUT2D eigenvalue weighted by atomic mass is 32.1. The van der Waals surface area contributed by atoms with Crippen molar-refractivity contribution >= 4 is 28.5 Å².